The van der Waals surface area contributed by atoms with Gasteiger partial charge in [0.2, 0.25) is 0 Å². The molecule has 1 atom stereocenters. The van der Waals surface area contributed by atoms with E-state index in [1.165, 1.54) is 5.56 Å². The van der Waals surface area contributed by atoms with Gasteiger partial charge in [-0.25, -0.2) is 0 Å². The van der Waals surface area contributed by atoms with Gasteiger partial charge in [0.25, 0.3) is 5.89 Å². The van der Waals surface area contributed by atoms with Gasteiger partial charge >= 0.3 is 0 Å². The minimum absolute atomic E-state index is 0.219. The molecule has 174 valence electrons. The monoisotopic (exact) mass is 487 g/mol. The van der Waals surface area contributed by atoms with E-state index in [0.29, 0.717) is 40.0 Å². The number of benzene rings is 2. The van der Waals surface area contributed by atoms with Crippen LogP contribution in [0.5, 0.6) is 5.75 Å². The maximum Gasteiger partial charge on any atom is 0.250 e. The number of hydrogen-bond acceptors (Lipinski definition) is 6. The first-order chi connectivity index (χ1) is 16.0. The van der Waals surface area contributed by atoms with Crippen molar-refractivity contribution in [2.24, 2.45) is 0 Å². The molecule has 1 unspecified atom stereocenters. The van der Waals surface area contributed by atoms with Crippen LogP contribution in [0.2, 0.25) is 10.0 Å². The molecule has 1 saturated heterocycles. The van der Waals surface area contributed by atoms with Gasteiger partial charge in [-0.1, -0.05) is 52.6 Å². The highest BCUT2D eigenvalue weighted by Gasteiger charge is 2.23. The van der Waals surface area contributed by atoms with Gasteiger partial charge in [0.05, 0.1) is 10.0 Å². The Kier molecular flexibility index (Phi) is 8.04. The van der Waals surface area contributed by atoms with Crippen molar-refractivity contribution in [1.82, 2.24) is 15.0 Å². The van der Waals surface area contributed by atoms with E-state index in [0.717, 1.165) is 31.5 Å². The van der Waals surface area contributed by atoms with E-state index in [1.807, 2.05) is 42.5 Å². The van der Waals surface area contributed by atoms with Gasteiger partial charge in [-0.05, 0) is 68.6 Å². The molecule has 6 nitrogen and oxygen atoms in total. The van der Waals surface area contributed by atoms with Crippen LogP contribution < -0.4 is 4.74 Å². The number of nitrogens with zero attached hydrogens (tertiary/aromatic N) is 3. The maximum absolute atomic E-state index is 10.6. The Morgan fingerprint density at radius 3 is 2.67 bits per heavy atom. The van der Waals surface area contributed by atoms with Crippen LogP contribution in [-0.2, 0) is 0 Å². The van der Waals surface area contributed by atoms with E-state index in [-0.39, 0.29) is 6.61 Å². The highest BCUT2D eigenvalue weighted by Crippen LogP contribution is 2.32. The summed E-state index contributed by atoms with van der Waals surface area (Å²) < 4.78 is 11.0. The van der Waals surface area contributed by atoms with E-state index in [4.69, 9.17) is 32.5 Å². The standard InChI is InChI=1S/C25H27Cl2N3O3/c1-17-28-25(33-29-17)9-7-19-4-2-3-5-24(19)32-16-21(31)15-30-12-10-18(11-13-30)20-6-8-22(26)23(27)14-20/h2-9,14,18,21,31H,10-13,15-16H2,1H3. The zero-order valence-corrected chi connectivity index (χ0v) is 20.0. The van der Waals surface area contributed by atoms with Gasteiger partial charge in [0.1, 0.15) is 18.5 Å². The van der Waals surface area contributed by atoms with Crippen molar-refractivity contribution in [3.05, 3.63) is 75.4 Å². The molecule has 1 aliphatic heterocycles. The predicted octanol–water partition coefficient (Wildman–Crippen LogP) is 5.47. The van der Waals surface area contributed by atoms with Gasteiger partial charge in [-0.15, -0.1) is 0 Å². The molecule has 4 rings (SSSR count). The second kappa shape index (κ2) is 11.2. The van der Waals surface area contributed by atoms with Crippen molar-refractivity contribution in [2.75, 3.05) is 26.2 Å². The first-order valence-electron chi connectivity index (χ1n) is 11.0. The largest absolute Gasteiger partial charge is 0.490 e. The van der Waals surface area contributed by atoms with Crippen molar-refractivity contribution in [1.29, 1.82) is 0 Å². The van der Waals surface area contributed by atoms with E-state index in [1.54, 1.807) is 13.0 Å². The molecule has 33 heavy (non-hydrogen) atoms. The molecule has 2 heterocycles. The molecule has 0 radical (unpaired) electrons. The first kappa shape index (κ1) is 23.8. The van der Waals surface area contributed by atoms with Gasteiger partial charge < -0.3 is 19.3 Å². The van der Waals surface area contributed by atoms with Crippen molar-refractivity contribution in [3.8, 4) is 5.75 Å². The fourth-order valence-electron chi connectivity index (χ4n) is 4.04. The number of likely N-dealkylation sites (tertiary alicyclic amines) is 1. The highest BCUT2D eigenvalue weighted by atomic mass is 35.5. The van der Waals surface area contributed by atoms with Crippen molar-refractivity contribution in [2.45, 2.75) is 31.8 Å². The lowest BCUT2D eigenvalue weighted by Crippen LogP contribution is -2.40. The molecule has 1 N–H and O–H groups in total. The topological polar surface area (TPSA) is 71.6 Å². The molecule has 1 fully saturated rings. The minimum atomic E-state index is -0.581. The fraction of sp³-hybridized carbons (Fsp3) is 0.360. The van der Waals surface area contributed by atoms with E-state index in [9.17, 15) is 5.11 Å². The molecule has 1 aromatic heterocycles. The summed E-state index contributed by atoms with van der Waals surface area (Å²) in [6.07, 6.45) is 5.07. The zero-order chi connectivity index (χ0) is 23.2. The summed E-state index contributed by atoms with van der Waals surface area (Å²) in [6, 6.07) is 13.6. The van der Waals surface area contributed by atoms with Crippen LogP contribution in [0.3, 0.4) is 0 Å². The van der Waals surface area contributed by atoms with E-state index >= 15 is 0 Å². The van der Waals surface area contributed by atoms with Crippen LogP contribution in [-0.4, -0.2) is 52.5 Å². The number of aromatic nitrogens is 2. The lowest BCUT2D eigenvalue weighted by molar-refractivity contribution is 0.0594. The number of aliphatic hydroxyl groups excluding tert-OH is 1. The fourth-order valence-corrected chi connectivity index (χ4v) is 4.35. The van der Waals surface area contributed by atoms with Gasteiger partial charge in [0.15, 0.2) is 5.82 Å². The summed E-state index contributed by atoms with van der Waals surface area (Å²) in [5.41, 5.74) is 2.11. The Morgan fingerprint density at radius 1 is 1.15 bits per heavy atom. The molecule has 8 heteroatoms. The Morgan fingerprint density at radius 2 is 1.94 bits per heavy atom. The number of ether oxygens (including phenoxy) is 1. The Hall–Kier alpha value is -2.38. The molecule has 3 aromatic rings. The number of aryl methyl sites for hydroxylation is 1. The average molecular weight is 488 g/mol. The smallest absolute Gasteiger partial charge is 0.250 e. The summed E-state index contributed by atoms with van der Waals surface area (Å²) in [5.74, 6) is 2.18. The van der Waals surface area contributed by atoms with Crippen LogP contribution in [0.1, 0.15) is 41.6 Å². The number of halogens is 2. The van der Waals surface area contributed by atoms with Crippen molar-refractivity contribution >= 4 is 35.4 Å². The van der Waals surface area contributed by atoms with Gasteiger partial charge in [0, 0.05) is 18.2 Å². The summed E-state index contributed by atoms with van der Waals surface area (Å²) in [7, 11) is 0. The van der Waals surface area contributed by atoms with E-state index in [2.05, 4.69) is 21.1 Å². The number of piperidine rings is 1. The maximum atomic E-state index is 10.6. The highest BCUT2D eigenvalue weighted by molar-refractivity contribution is 6.42. The van der Waals surface area contributed by atoms with Gasteiger partial charge in [-0.2, -0.15) is 4.98 Å². The van der Waals surface area contributed by atoms with Crippen molar-refractivity contribution < 1.29 is 14.4 Å². The normalized spacial score (nSPS) is 16.4. The van der Waals surface area contributed by atoms with E-state index < -0.39 is 6.10 Å². The van der Waals surface area contributed by atoms with Crippen LogP contribution in [0.25, 0.3) is 12.2 Å². The molecule has 0 aliphatic carbocycles. The Labute approximate surface area is 203 Å². The molecule has 2 aromatic carbocycles. The molecular formula is C25H27Cl2N3O3. The Bertz CT molecular complexity index is 1090. The second-order valence-corrected chi connectivity index (χ2v) is 9.08. The second-order valence-electron chi connectivity index (χ2n) is 8.26. The van der Waals surface area contributed by atoms with Crippen LogP contribution >= 0.6 is 23.2 Å². The quantitative estimate of drug-likeness (QED) is 0.453. The number of aliphatic hydroxyl groups is 1. The molecule has 0 saturated carbocycles. The Balaban J connectivity index is 1.26. The molecule has 0 spiro atoms. The summed E-state index contributed by atoms with van der Waals surface area (Å²) in [5, 5.41) is 15.5. The number of rotatable bonds is 8. The number of hydrogen-bond donors (Lipinski definition) is 1. The number of β-amino-alcohol motifs (C(OH)–C–C–N with tert-alkyl or cyclic N) is 1. The molecular weight excluding hydrogens is 461 g/mol. The lowest BCUT2D eigenvalue weighted by Gasteiger charge is -2.33. The summed E-state index contributed by atoms with van der Waals surface area (Å²) in [4.78, 5) is 6.45. The minimum Gasteiger partial charge on any atom is -0.490 e. The summed E-state index contributed by atoms with van der Waals surface area (Å²) >= 11 is 12.2. The third-order valence-electron chi connectivity index (χ3n) is 5.77. The zero-order valence-electron chi connectivity index (χ0n) is 18.5. The number of para-hydroxylation sites is 1. The third kappa shape index (κ3) is 6.58. The average Bonchev–Trinajstić information content (AvgIpc) is 3.24. The van der Waals surface area contributed by atoms with Gasteiger partial charge in [-0.3, -0.25) is 0 Å². The van der Waals surface area contributed by atoms with Crippen LogP contribution in [0, 0.1) is 6.92 Å². The van der Waals surface area contributed by atoms with Crippen LogP contribution in [0.4, 0.5) is 0 Å². The third-order valence-corrected chi connectivity index (χ3v) is 6.51. The molecule has 0 bridgehead atoms. The lowest BCUT2D eigenvalue weighted by atomic mass is 9.89. The van der Waals surface area contributed by atoms with Crippen LogP contribution in [0.15, 0.2) is 47.0 Å². The molecule has 1 aliphatic rings. The predicted molar refractivity (Wildman–Crippen MR) is 131 cm³/mol. The summed E-state index contributed by atoms with van der Waals surface area (Å²) in [6.45, 7) is 4.41. The first-order valence-corrected chi connectivity index (χ1v) is 11.8. The molecule has 0 amide bonds. The SMILES string of the molecule is Cc1noc(C=Cc2ccccc2OCC(O)CN2CCC(c3ccc(Cl)c(Cl)c3)CC2)n1. The van der Waals surface area contributed by atoms with Crippen molar-refractivity contribution in [3.63, 3.8) is 0 Å².